The number of aryl methyl sites for hydroxylation is 1. The Labute approximate surface area is 139 Å². The molecule has 0 aromatic heterocycles. The molecular formula is C20H26N2O. The zero-order chi connectivity index (χ0) is 16.9. The van der Waals surface area contributed by atoms with Crippen molar-refractivity contribution >= 4 is 11.6 Å². The third-order valence-electron chi connectivity index (χ3n) is 3.75. The molecule has 0 heterocycles. The minimum Gasteiger partial charge on any atom is -0.376 e. The highest BCUT2D eigenvalue weighted by Gasteiger charge is 2.17. The average molecular weight is 310 g/mol. The predicted octanol–water partition coefficient (Wildman–Crippen LogP) is 4.02. The van der Waals surface area contributed by atoms with Crippen molar-refractivity contribution in [2.75, 3.05) is 11.9 Å². The molecule has 2 rings (SSSR count). The Morgan fingerprint density at radius 3 is 2.48 bits per heavy atom. The third-order valence-corrected chi connectivity index (χ3v) is 3.75. The van der Waals surface area contributed by atoms with Gasteiger partial charge in [-0.3, -0.25) is 4.79 Å². The lowest BCUT2D eigenvalue weighted by Crippen LogP contribution is -2.30. The molecule has 3 heteroatoms. The fourth-order valence-electron chi connectivity index (χ4n) is 2.55. The number of carbonyl (C=O) groups excluding carboxylic acids is 1. The summed E-state index contributed by atoms with van der Waals surface area (Å²) in [6.45, 7) is 9.40. The number of carbonyl (C=O) groups is 1. The highest BCUT2D eigenvalue weighted by Crippen LogP contribution is 2.28. The fourth-order valence-corrected chi connectivity index (χ4v) is 2.55. The number of para-hydroxylation sites is 1. The number of nitrogens with one attached hydrogen (secondary N) is 2. The summed E-state index contributed by atoms with van der Waals surface area (Å²) in [7, 11) is 0. The van der Waals surface area contributed by atoms with E-state index in [4.69, 9.17) is 0 Å². The van der Waals surface area contributed by atoms with Crippen LogP contribution in [-0.4, -0.2) is 12.5 Å². The largest absolute Gasteiger partial charge is 0.376 e. The van der Waals surface area contributed by atoms with Gasteiger partial charge in [-0.1, -0.05) is 68.8 Å². The number of benzene rings is 2. The van der Waals surface area contributed by atoms with Gasteiger partial charge in [0.25, 0.3) is 0 Å². The summed E-state index contributed by atoms with van der Waals surface area (Å²) < 4.78 is 0. The van der Waals surface area contributed by atoms with E-state index in [-0.39, 0.29) is 17.9 Å². The second kappa shape index (κ2) is 7.32. The SMILES string of the molecule is Cc1cccc(CNC(=O)CNc2ccccc2C(C)(C)C)c1. The molecule has 0 saturated heterocycles. The van der Waals surface area contributed by atoms with Crippen LogP contribution in [0.4, 0.5) is 5.69 Å². The van der Waals surface area contributed by atoms with E-state index >= 15 is 0 Å². The molecule has 0 bridgehead atoms. The molecule has 0 aliphatic heterocycles. The molecule has 0 fully saturated rings. The van der Waals surface area contributed by atoms with Gasteiger partial charge in [0.05, 0.1) is 6.54 Å². The highest BCUT2D eigenvalue weighted by atomic mass is 16.1. The third kappa shape index (κ3) is 5.13. The number of hydrogen-bond acceptors (Lipinski definition) is 2. The number of hydrogen-bond donors (Lipinski definition) is 2. The van der Waals surface area contributed by atoms with Gasteiger partial charge in [0.15, 0.2) is 0 Å². The molecule has 2 aromatic rings. The normalized spacial score (nSPS) is 11.1. The first-order valence-corrected chi connectivity index (χ1v) is 8.02. The predicted molar refractivity (Wildman–Crippen MR) is 96.7 cm³/mol. The lowest BCUT2D eigenvalue weighted by atomic mass is 9.86. The summed E-state index contributed by atoms with van der Waals surface area (Å²) in [6, 6.07) is 16.3. The Hall–Kier alpha value is -2.29. The van der Waals surface area contributed by atoms with E-state index < -0.39 is 0 Å². The maximum atomic E-state index is 12.1. The average Bonchev–Trinajstić information content (AvgIpc) is 2.50. The molecule has 0 radical (unpaired) electrons. The smallest absolute Gasteiger partial charge is 0.239 e. The van der Waals surface area contributed by atoms with E-state index in [1.54, 1.807) is 0 Å². The van der Waals surface area contributed by atoms with Crippen LogP contribution in [0.5, 0.6) is 0 Å². The zero-order valence-corrected chi connectivity index (χ0v) is 14.4. The molecule has 3 nitrogen and oxygen atoms in total. The first-order valence-electron chi connectivity index (χ1n) is 8.02. The van der Waals surface area contributed by atoms with E-state index in [2.05, 4.69) is 56.5 Å². The Kier molecular flexibility index (Phi) is 5.43. The van der Waals surface area contributed by atoms with Crippen molar-refractivity contribution in [2.24, 2.45) is 0 Å². The van der Waals surface area contributed by atoms with E-state index in [0.29, 0.717) is 6.54 Å². The maximum absolute atomic E-state index is 12.1. The van der Waals surface area contributed by atoms with Gasteiger partial charge < -0.3 is 10.6 Å². The molecule has 2 aromatic carbocycles. The van der Waals surface area contributed by atoms with Crippen molar-refractivity contribution < 1.29 is 4.79 Å². The Morgan fingerprint density at radius 2 is 1.78 bits per heavy atom. The van der Waals surface area contributed by atoms with Gasteiger partial charge in [-0.05, 0) is 29.5 Å². The molecule has 0 aliphatic rings. The summed E-state index contributed by atoms with van der Waals surface area (Å²) in [5.41, 5.74) is 4.60. The van der Waals surface area contributed by atoms with Gasteiger partial charge in [0.2, 0.25) is 5.91 Å². The van der Waals surface area contributed by atoms with E-state index in [0.717, 1.165) is 11.3 Å². The Balaban J connectivity index is 1.90. The second-order valence-electron chi connectivity index (χ2n) is 6.91. The second-order valence-corrected chi connectivity index (χ2v) is 6.91. The van der Waals surface area contributed by atoms with Crippen molar-refractivity contribution in [2.45, 2.75) is 39.7 Å². The van der Waals surface area contributed by atoms with Crippen LogP contribution in [0.3, 0.4) is 0 Å². The molecular weight excluding hydrogens is 284 g/mol. The summed E-state index contributed by atoms with van der Waals surface area (Å²) in [5.74, 6) is -0.00443. The molecule has 2 N–H and O–H groups in total. The summed E-state index contributed by atoms with van der Waals surface area (Å²) in [6.07, 6.45) is 0. The van der Waals surface area contributed by atoms with Gasteiger partial charge in [-0.2, -0.15) is 0 Å². The molecule has 122 valence electrons. The molecule has 23 heavy (non-hydrogen) atoms. The van der Waals surface area contributed by atoms with Crippen LogP contribution in [-0.2, 0) is 16.8 Å². The van der Waals surface area contributed by atoms with Gasteiger partial charge in [0, 0.05) is 12.2 Å². The number of anilines is 1. The first kappa shape index (κ1) is 17.1. The van der Waals surface area contributed by atoms with Crippen molar-refractivity contribution in [3.63, 3.8) is 0 Å². The molecule has 0 saturated carbocycles. The molecule has 0 spiro atoms. The minimum atomic E-state index is -0.00443. The summed E-state index contributed by atoms with van der Waals surface area (Å²) >= 11 is 0. The Morgan fingerprint density at radius 1 is 1.04 bits per heavy atom. The first-order chi connectivity index (χ1) is 10.9. The zero-order valence-electron chi connectivity index (χ0n) is 14.4. The molecule has 0 atom stereocenters. The number of amides is 1. The van der Waals surface area contributed by atoms with Crippen LogP contribution in [0.2, 0.25) is 0 Å². The van der Waals surface area contributed by atoms with Crippen LogP contribution < -0.4 is 10.6 Å². The van der Waals surface area contributed by atoms with Crippen LogP contribution in [0.25, 0.3) is 0 Å². The van der Waals surface area contributed by atoms with Crippen molar-refractivity contribution in [3.8, 4) is 0 Å². The molecule has 0 unspecified atom stereocenters. The van der Waals surface area contributed by atoms with Crippen molar-refractivity contribution in [1.82, 2.24) is 5.32 Å². The minimum absolute atomic E-state index is 0.00443. The van der Waals surface area contributed by atoms with Crippen LogP contribution in [0, 0.1) is 6.92 Å². The summed E-state index contributed by atoms with van der Waals surface area (Å²) in [5, 5.41) is 6.21. The van der Waals surface area contributed by atoms with E-state index in [1.165, 1.54) is 11.1 Å². The standard InChI is InChI=1S/C20H26N2O/c1-15-8-7-9-16(12-15)13-22-19(23)14-21-18-11-6-5-10-17(18)20(2,3)4/h5-12,21H,13-14H2,1-4H3,(H,22,23). The maximum Gasteiger partial charge on any atom is 0.239 e. The van der Waals surface area contributed by atoms with Crippen LogP contribution >= 0.6 is 0 Å². The van der Waals surface area contributed by atoms with E-state index in [1.807, 2.05) is 30.3 Å². The lowest BCUT2D eigenvalue weighted by molar-refractivity contribution is -0.119. The van der Waals surface area contributed by atoms with Gasteiger partial charge in [-0.25, -0.2) is 0 Å². The van der Waals surface area contributed by atoms with Crippen molar-refractivity contribution in [1.29, 1.82) is 0 Å². The summed E-state index contributed by atoms with van der Waals surface area (Å²) in [4.78, 5) is 12.1. The molecule has 1 amide bonds. The van der Waals surface area contributed by atoms with Crippen molar-refractivity contribution in [3.05, 3.63) is 65.2 Å². The van der Waals surface area contributed by atoms with Gasteiger partial charge in [-0.15, -0.1) is 0 Å². The van der Waals surface area contributed by atoms with Crippen LogP contribution in [0.15, 0.2) is 48.5 Å². The molecule has 0 aliphatic carbocycles. The number of rotatable bonds is 5. The lowest BCUT2D eigenvalue weighted by Gasteiger charge is -2.23. The quantitative estimate of drug-likeness (QED) is 0.875. The van der Waals surface area contributed by atoms with Gasteiger partial charge >= 0.3 is 0 Å². The van der Waals surface area contributed by atoms with E-state index in [9.17, 15) is 4.79 Å². The van der Waals surface area contributed by atoms with Gasteiger partial charge in [0.1, 0.15) is 0 Å². The highest BCUT2D eigenvalue weighted by molar-refractivity contribution is 5.81. The fraction of sp³-hybridized carbons (Fsp3) is 0.350. The van der Waals surface area contributed by atoms with Crippen LogP contribution in [0.1, 0.15) is 37.5 Å². The Bertz CT molecular complexity index is 671. The monoisotopic (exact) mass is 310 g/mol. The topological polar surface area (TPSA) is 41.1 Å².